The maximum atomic E-state index is 12.6. The maximum absolute atomic E-state index is 12.6. The van der Waals surface area contributed by atoms with Gasteiger partial charge in [-0.2, -0.15) is 4.99 Å². The SMILES string of the molecule is CCOC(=O)c1c(NC(=O)CS(=O)(=O)CC(=O)N=c2sc3cc(Br)ccc3n2CC)sc2c1CCC2. The number of benzene rings is 1. The fourth-order valence-corrected chi connectivity index (χ4v) is 8.06. The molecule has 0 bridgehead atoms. The summed E-state index contributed by atoms with van der Waals surface area (Å²) in [5.74, 6) is -4.00. The Morgan fingerprint density at radius 2 is 1.94 bits per heavy atom. The van der Waals surface area contributed by atoms with Crippen LogP contribution in [0.2, 0.25) is 0 Å². The number of sulfone groups is 1. The fraction of sp³-hybridized carbons (Fsp3) is 0.391. The minimum Gasteiger partial charge on any atom is -0.462 e. The molecule has 1 N–H and O–H groups in total. The number of nitrogens with one attached hydrogen (secondary N) is 1. The Labute approximate surface area is 224 Å². The number of carbonyl (C=O) groups excluding carboxylic acids is 3. The zero-order chi connectivity index (χ0) is 26.0. The van der Waals surface area contributed by atoms with Crippen LogP contribution in [0.15, 0.2) is 27.7 Å². The molecule has 0 aliphatic heterocycles. The van der Waals surface area contributed by atoms with E-state index in [4.69, 9.17) is 4.74 Å². The molecule has 36 heavy (non-hydrogen) atoms. The van der Waals surface area contributed by atoms with E-state index in [9.17, 15) is 22.8 Å². The number of thiophene rings is 1. The third-order valence-corrected chi connectivity index (χ3v) is 9.66. The van der Waals surface area contributed by atoms with Crippen molar-refractivity contribution in [3.63, 3.8) is 0 Å². The van der Waals surface area contributed by atoms with Crippen molar-refractivity contribution in [1.82, 2.24) is 4.57 Å². The van der Waals surface area contributed by atoms with Crippen LogP contribution in [0.4, 0.5) is 5.00 Å². The van der Waals surface area contributed by atoms with Gasteiger partial charge in [-0.1, -0.05) is 27.3 Å². The van der Waals surface area contributed by atoms with Gasteiger partial charge in [0, 0.05) is 15.9 Å². The topological polar surface area (TPSA) is 124 Å². The van der Waals surface area contributed by atoms with E-state index < -0.39 is 39.1 Å². The van der Waals surface area contributed by atoms with E-state index >= 15 is 0 Å². The van der Waals surface area contributed by atoms with Crippen LogP contribution >= 0.6 is 38.6 Å². The van der Waals surface area contributed by atoms with E-state index in [0.717, 1.165) is 38.0 Å². The van der Waals surface area contributed by atoms with Crippen molar-refractivity contribution >= 4 is 81.4 Å². The molecule has 4 rings (SSSR count). The fourth-order valence-electron chi connectivity index (χ4n) is 4.09. The molecule has 0 saturated heterocycles. The number of rotatable bonds is 8. The minimum atomic E-state index is -4.09. The predicted octanol–water partition coefficient (Wildman–Crippen LogP) is 3.69. The van der Waals surface area contributed by atoms with Crippen molar-refractivity contribution in [2.24, 2.45) is 4.99 Å². The zero-order valence-electron chi connectivity index (χ0n) is 19.6. The summed E-state index contributed by atoms with van der Waals surface area (Å²) in [7, 11) is -4.09. The van der Waals surface area contributed by atoms with E-state index in [2.05, 4.69) is 26.2 Å². The van der Waals surface area contributed by atoms with Crippen LogP contribution in [0.1, 0.15) is 41.1 Å². The van der Waals surface area contributed by atoms with Gasteiger partial charge in [0.25, 0.3) is 5.91 Å². The molecule has 9 nitrogen and oxygen atoms in total. The first-order chi connectivity index (χ1) is 17.1. The molecule has 0 atom stereocenters. The van der Waals surface area contributed by atoms with Crippen molar-refractivity contribution in [2.45, 2.75) is 39.7 Å². The van der Waals surface area contributed by atoms with Crippen LogP contribution in [0.5, 0.6) is 0 Å². The Morgan fingerprint density at radius 3 is 2.67 bits per heavy atom. The number of halogens is 1. The number of nitrogens with zero attached hydrogens (tertiary/aromatic N) is 2. The van der Waals surface area contributed by atoms with Crippen molar-refractivity contribution in [3.05, 3.63) is 43.5 Å². The number of carbonyl (C=O) groups is 3. The molecule has 0 spiro atoms. The number of hydrogen-bond acceptors (Lipinski definition) is 8. The number of esters is 1. The highest BCUT2D eigenvalue weighted by molar-refractivity contribution is 9.10. The van der Waals surface area contributed by atoms with Crippen LogP contribution in [0, 0.1) is 0 Å². The van der Waals surface area contributed by atoms with Crippen molar-refractivity contribution < 1.29 is 27.5 Å². The molecule has 13 heteroatoms. The summed E-state index contributed by atoms with van der Waals surface area (Å²) >= 11 is 5.96. The van der Waals surface area contributed by atoms with Crippen molar-refractivity contribution in [1.29, 1.82) is 0 Å². The molecule has 2 aromatic heterocycles. The Hall–Kier alpha value is -2.35. The third-order valence-electron chi connectivity index (χ3n) is 5.53. The number of fused-ring (bicyclic) bond motifs is 2. The number of aryl methyl sites for hydroxylation is 2. The lowest BCUT2D eigenvalue weighted by molar-refractivity contribution is -0.115. The first-order valence-corrected chi connectivity index (χ1v) is 15.5. The average molecular weight is 615 g/mol. The minimum absolute atomic E-state index is 0.186. The number of thiazole rings is 1. The van der Waals surface area contributed by atoms with Crippen LogP contribution in [-0.4, -0.2) is 48.9 Å². The number of amides is 2. The van der Waals surface area contributed by atoms with Crippen molar-refractivity contribution in [3.8, 4) is 0 Å². The Balaban J connectivity index is 1.49. The second kappa shape index (κ2) is 11.0. The molecular weight excluding hydrogens is 590 g/mol. The first-order valence-electron chi connectivity index (χ1n) is 11.3. The monoisotopic (exact) mass is 613 g/mol. The Bertz CT molecular complexity index is 1530. The third kappa shape index (κ3) is 5.79. The molecule has 1 aliphatic rings. The molecule has 0 fully saturated rings. The van der Waals surface area contributed by atoms with E-state index in [1.54, 1.807) is 6.92 Å². The summed E-state index contributed by atoms with van der Waals surface area (Å²) in [6.45, 7) is 4.34. The lowest BCUT2D eigenvalue weighted by Crippen LogP contribution is -2.28. The van der Waals surface area contributed by atoms with Crippen LogP contribution in [0.3, 0.4) is 0 Å². The first kappa shape index (κ1) is 26.7. The molecule has 192 valence electrons. The molecule has 3 aromatic rings. The van der Waals surface area contributed by atoms with Gasteiger partial charge in [0.2, 0.25) is 5.91 Å². The predicted molar refractivity (Wildman–Crippen MR) is 143 cm³/mol. The van der Waals surface area contributed by atoms with Crippen LogP contribution in [-0.2, 0) is 43.5 Å². The van der Waals surface area contributed by atoms with Crippen LogP contribution in [0.25, 0.3) is 10.2 Å². The zero-order valence-corrected chi connectivity index (χ0v) is 23.7. The highest BCUT2D eigenvalue weighted by atomic mass is 79.9. The average Bonchev–Trinajstić information content (AvgIpc) is 3.44. The number of anilines is 1. The molecule has 0 unspecified atom stereocenters. The van der Waals surface area contributed by atoms with Gasteiger partial charge in [-0.3, -0.25) is 9.59 Å². The highest BCUT2D eigenvalue weighted by Crippen LogP contribution is 2.39. The standard InChI is InChI=1S/C23H24BrN3O6S3/c1-3-27-15-9-8-13(24)10-17(15)35-23(27)26-19(29)12-36(31,32)11-18(28)25-21-20(22(30)33-4-2)14-6-5-7-16(14)34-21/h8-10H,3-7,11-12H2,1-2H3,(H,25,28). The van der Waals surface area contributed by atoms with Gasteiger partial charge in [0.15, 0.2) is 14.6 Å². The van der Waals surface area contributed by atoms with Gasteiger partial charge in [-0.05, 0) is 56.9 Å². The molecule has 2 amide bonds. The summed E-state index contributed by atoms with van der Waals surface area (Å²) in [6, 6.07) is 5.68. The van der Waals surface area contributed by atoms with Crippen molar-refractivity contribution in [2.75, 3.05) is 23.4 Å². The second-order valence-electron chi connectivity index (χ2n) is 8.11. The summed E-state index contributed by atoms with van der Waals surface area (Å²) in [6.07, 6.45) is 2.41. The molecule has 2 heterocycles. The number of ether oxygens (including phenoxy) is 1. The maximum Gasteiger partial charge on any atom is 0.341 e. The van der Waals surface area contributed by atoms with Gasteiger partial charge in [-0.15, -0.1) is 11.3 Å². The van der Waals surface area contributed by atoms with Gasteiger partial charge >= 0.3 is 5.97 Å². The van der Waals surface area contributed by atoms with Gasteiger partial charge < -0.3 is 14.6 Å². The smallest absolute Gasteiger partial charge is 0.341 e. The summed E-state index contributed by atoms with van der Waals surface area (Å²) < 4.78 is 34.0. The summed E-state index contributed by atoms with van der Waals surface area (Å²) in [5, 5.41) is 2.84. The van der Waals surface area contributed by atoms with E-state index in [-0.39, 0.29) is 11.6 Å². The van der Waals surface area contributed by atoms with Gasteiger partial charge in [-0.25, -0.2) is 13.2 Å². The molecule has 1 aromatic carbocycles. The largest absolute Gasteiger partial charge is 0.462 e. The van der Waals surface area contributed by atoms with E-state index in [0.29, 0.717) is 23.3 Å². The van der Waals surface area contributed by atoms with E-state index in [1.807, 2.05) is 29.7 Å². The number of hydrogen-bond donors (Lipinski definition) is 1. The van der Waals surface area contributed by atoms with Gasteiger partial charge in [0.1, 0.15) is 16.5 Å². The van der Waals surface area contributed by atoms with Gasteiger partial charge in [0.05, 0.1) is 22.4 Å². The van der Waals surface area contributed by atoms with E-state index in [1.165, 1.54) is 22.7 Å². The second-order valence-corrected chi connectivity index (χ2v) is 13.2. The normalized spacial score (nSPS) is 13.7. The Kier molecular flexibility index (Phi) is 8.12. The molecule has 0 saturated carbocycles. The quantitative estimate of drug-likeness (QED) is 0.386. The lowest BCUT2D eigenvalue weighted by atomic mass is 10.1. The molecule has 1 aliphatic carbocycles. The highest BCUT2D eigenvalue weighted by Gasteiger charge is 2.29. The summed E-state index contributed by atoms with van der Waals surface area (Å²) in [5.41, 5.74) is 2.04. The summed E-state index contributed by atoms with van der Waals surface area (Å²) in [4.78, 5) is 43.0. The number of aromatic nitrogens is 1. The van der Waals surface area contributed by atoms with Crippen LogP contribution < -0.4 is 10.1 Å². The molecule has 0 radical (unpaired) electrons. The molecular formula is C23H24BrN3O6S3. The lowest BCUT2D eigenvalue weighted by Gasteiger charge is -2.08. The Morgan fingerprint density at radius 1 is 1.17 bits per heavy atom.